The largest absolute Gasteiger partial charge is 0.360 e. The molecule has 1 aromatic carbocycles. The number of benzene rings is 1. The van der Waals surface area contributed by atoms with Crippen LogP contribution in [0.15, 0.2) is 39.3 Å². The molecule has 25 heavy (non-hydrogen) atoms. The maximum Gasteiger partial charge on any atom is 0.325 e. The lowest BCUT2D eigenvalue weighted by molar-refractivity contribution is -0.133. The molecule has 1 aliphatic heterocycles. The van der Waals surface area contributed by atoms with Crippen LogP contribution in [0.25, 0.3) is 0 Å². The van der Waals surface area contributed by atoms with Gasteiger partial charge in [-0.3, -0.25) is 14.5 Å². The fourth-order valence-electron chi connectivity index (χ4n) is 2.59. The van der Waals surface area contributed by atoms with Gasteiger partial charge in [0.25, 0.3) is 5.91 Å². The monoisotopic (exact) mass is 406 g/mol. The summed E-state index contributed by atoms with van der Waals surface area (Å²) >= 11 is 3.35. The van der Waals surface area contributed by atoms with Crippen LogP contribution < -0.4 is 10.6 Å². The SMILES string of the molecule is Cc1cc(NC(=O)CN2C(=O)N[C@@](C)(c3cccc(Br)c3)C2=O)no1. The van der Waals surface area contributed by atoms with Gasteiger partial charge < -0.3 is 15.2 Å². The van der Waals surface area contributed by atoms with Crippen molar-refractivity contribution in [1.29, 1.82) is 0 Å². The highest BCUT2D eigenvalue weighted by molar-refractivity contribution is 9.10. The van der Waals surface area contributed by atoms with E-state index in [-0.39, 0.29) is 5.82 Å². The van der Waals surface area contributed by atoms with Gasteiger partial charge in [0.2, 0.25) is 5.91 Å². The van der Waals surface area contributed by atoms with Crippen molar-refractivity contribution in [2.24, 2.45) is 0 Å². The summed E-state index contributed by atoms with van der Waals surface area (Å²) in [5.74, 6) is -0.283. The van der Waals surface area contributed by atoms with Crippen molar-refractivity contribution in [2.75, 3.05) is 11.9 Å². The first-order chi connectivity index (χ1) is 11.8. The summed E-state index contributed by atoms with van der Waals surface area (Å²) in [4.78, 5) is 37.9. The van der Waals surface area contributed by atoms with Crippen LogP contribution in [0.2, 0.25) is 0 Å². The molecule has 8 nitrogen and oxygen atoms in total. The van der Waals surface area contributed by atoms with Gasteiger partial charge in [0.15, 0.2) is 5.82 Å². The average Bonchev–Trinajstić information content (AvgIpc) is 3.04. The predicted molar refractivity (Wildman–Crippen MR) is 91.6 cm³/mol. The first-order valence-electron chi connectivity index (χ1n) is 7.43. The summed E-state index contributed by atoms with van der Waals surface area (Å²) in [6.07, 6.45) is 0. The maximum absolute atomic E-state index is 12.8. The molecule has 1 aromatic heterocycles. The minimum Gasteiger partial charge on any atom is -0.360 e. The summed E-state index contributed by atoms with van der Waals surface area (Å²) in [5, 5.41) is 8.77. The fraction of sp³-hybridized carbons (Fsp3) is 0.250. The number of aryl methyl sites for hydroxylation is 1. The van der Waals surface area contributed by atoms with Gasteiger partial charge in [0, 0.05) is 10.5 Å². The fourth-order valence-corrected chi connectivity index (χ4v) is 2.99. The van der Waals surface area contributed by atoms with Gasteiger partial charge in [0.1, 0.15) is 17.8 Å². The van der Waals surface area contributed by atoms with Crippen molar-refractivity contribution in [2.45, 2.75) is 19.4 Å². The van der Waals surface area contributed by atoms with Gasteiger partial charge in [-0.15, -0.1) is 0 Å². The van der Waals surface area contributed by atoms with Gasteiger partial charge in [-0.2, -0.15) is 0 Å². The zero-order valence-corrected chi connectivity index (χ0v) is 15.1. The zero-order valence-electron chi connectivity index (χ0n) is 13.5. The van der Waals surface area contributed by atoms with E-state index in [9.17, 15) is 14.4 Å². The third-order valence-electron chi connectivity index (χ3n) is 3.87. The molecular formula is C16H15BrN4O4. The lowest BCUT2D eigenvalue weighted by Gasteiger charge is -2.22. The Hall–Kier alpha value is -2.68. The zero-order chi connectivity index (χ0) is 18.2. The minimum atomic E-state index is -1.23. The van der Waals surface area contributed by atoms with Crippen molar-refractivity contribution in [3.63, 3.8) is 0 Å². The number of hydrogen-bond acceptors (Lipinski definition) is 5. The van der Waals surface area contributed by atoms with E-state index < -0.39 is 29.9 Å². The lowest BCUT2D eigenvalue weighted by atomic mass is 9.92. The second-order valence-electron chi connectivity index (χ2n) is 5.83. The molecule has 0 spiro atoms. The van der Waals surface area contributed by atoms with Gasteiger partial charge in [-0.1, -0.05) is 33.2 Å². The number of nitrogens with zero attached hydrogens (tertiary/aromatic N) is 2. The molecule has 3 rings (SSSR count). The van der Waals surface area contributed by atoms with Gasteiger partial charge >= 0.3 is 6.03 Å². The third-order valence-corrected chi connectivity index (χ3v) is 4.37. The van der Waals surface area contributed by atoms with E-state index in [2.05, 4.69) is 31.7 Å². The standard InChI is InChI=1S/C16H15BrN4O4/c1-9-6-12(20-25-9)18-13(22)8-21-14(23)16(2,19-15(21)24)10-4-3-5-11(17)7-10/h3-7H,8H2,1-2H3,(H,19,24)(H,18,20,22)/t16-/m0/s1. The van der Waals surface area contributed by atoms with Crippen LogP contribution in [0.3, 0.4) is 0 Å². The van der Waals surface area contributed by atoms with E-state index >= 15 is 0 Å². The normalized spacial score (nSPS) is 19.9. The molecule has 130 valence electrons. The molecule has 1 atom stereocenters. The lowest BCUT2D eigenvalue weighted by Crippen LogP contribution is -2.42. The molecule has 0 bridgehead atoms. The van der Waals surface area contributed by atoms with Crippen LogP contribution in [0.1, 0.15) is 18.2 Å². The second-order valence-corrected chi connectivity index (χ2v) is 6.74. The van der Waals surface area contributed by atoms with E-state index in [4.69, 9.17) is 4.52 Å². The van der Waals surface area contributed by atoms with E-state index in [1.807, 2.05) is 6.07 Å². The molecule has 9 heteroatoms. The highest BCUT2D eigenvalue weighted by atomic mass is 79.9. The number of nitrogens with one attached hydrogen (secondary N) is 2. The molecule has 0 radical (unpaired) electrons. The Morgan fingerprint density at radius 2 is 2.16 bits per heavy atom. The smallest absolute Gasteiger partial charge is 0.325 e. The van der Waals surface area contributed by atoms with Crippen LogP contribution in [0.5, 0.6) is 0 Å². The highest BCUT2D eigenvalue weighted by Gasteiger charge is 2.49. The Morgan fingerprint density at radius 1 is 1.40 bits per heavy atom. The topological polar surface area (TPSA) is 105 Å². The number of rotatable bonds is 4. The number of amides is 4. The number of anilines is 1. The first-order valence-corrected chi connectivity index (χ1v) is 8.22. The molecule has 2 aromatic rings. The predicted octanol–water partition coefficient (Wildman–Crippen LogP) is 2.15. The molecule has 0 unspecified atom stereocenters. The number of halogens is 1. The molecule has 4 amide bonds. The van der Waals surface area contributed by atoms with Crippen molar-refractivity contribution in [3.8, 4) is 0 Å². The van der Waals surface area contributed by atoms with Crippen LogP contribution in [0, 0.1) is 6.92 Å². The number of imide groups is 1. The molecule has 1 saturated heterocycles. The summed E-state index contributed by atoms with van der Waals surface area (Å²) < 4.78 is 5.63. The summed E-state index contributed by atoms with van der Waals surface area (Å²) in [7, 11) is 0. The van der Waals surface area contributed by atoms with Gasteiger partial charge in [-0.05, 0) is 31.5 Å². The van der Waals surface area contributed by atoms with Crippen LogP contribution in [-0.2, 0) is 15.1 Å². The van der Waals surface area contributed by atoms with E-state index in [1.165, 1.54) is 6.07 Å². The minimum absolute atomic E-state index is 0.226. The van der Waals surface area contributed by atoms with Crippen molar-refractivity contribution < 1.29 is 18.9 Å². The van der Waals surface area contributed by atoms with Crippen molar-refractivity contribution in [3.05, 3.63) is 46.1 Å². The Kier molecular flexibility index (Phi) is 4.34. The van der Waals surface area contributed by atoms with Crippen LogP contribution in [-0.4, -0.2) is 34.4 Å². The molecule has 1 aliphatic rings. The first kappa shape index (κ1) is 17.2. The summed E-state index contributed by atoms with van der Waals surface area (Å²) in [6, 6.07) is 7.99. The Morgan fingerprint density at radius 3 is 2.80 bits per heavy atom. The van der Waals surface area contributed by atoms with Crippen molar-refractivity contribution >= 4 is 39.6 Å². The number of aromatic nitrogens is 1. The number of carbonyl (C=O) groups excluding carboxylic acids is 3. The maximum atomic E-state index is 12.8. The van der Waals surface area contributed by atoms with E-state index in [0.29, 0.717) is 11.3 Å². The Bertz CT molecular complexity index is 865. The number of urea groups is 1. The third kappa shape index (κ3) is 3.27. The van der Waals surface area contributed by atoms with Gasteiger partial charge in [-0.25, -0.2) is 4.79 Å². The van der Waals surface area contributed by atoms with E-state index in [0.717, 1.165) is 9.37 Å². The molecule has 2 N–H and O–H groups in total. The quantitative estimate of drug-likeness (QED) is 0.756. The molecule has 1 fully saturated rings. The molecule has 0 aliphatic carbocycles. The molecular weight excluding hydrogens is 392 g/mol. The van der Waals surface area contributed by atoms with E-state index in [1.54, 1.807) is 32.0 Å². The number of carbonyl (C=O) groups is 3. The van der Waals surface area contributed by atoms with Crippen LogP contribution in [0.4, 0.5) is 10.6 Å². The summed E-state index contributed by atoms with van der Waals surface area (Å²) in [6.45, 7) is 2.87. The second kappa shape index (κ2) is 6.32. The Balaban J connectivity index is 1.76. The van der Waals surface area contributed by atoms with Crippen molar-refractivity contribution in [1.82, 2.24) is 15.4 Å². The molecule has 2 heterocycles. The Labute approximate surface area is 151 Å². The summed E-state index contributed by atoms with van der Waals surface area (Å²) in [5.41, 5.74) is -0.610. The number of hydrogen-bond donors (Lipinski definition) is 2. The van der Waals surface area contributed by atoms with Crippen LogP contribution >= 0.6 is 15.9 Å². The average molecular weight is 407 g/mol. The highest BCUT2D eigenvalue weighted by Crippen LogP contribution is 2.30. The van der Waals surface area contributed by atoms with Gasteiger partial charge in [0.05, 0.1) is 0 Å². The molecule has 0 saturated carbocycles.